The van der Waals surface area contributed by atoms with Crippen molar-refractivity contribution < 1.29 is 26.7 Å². The third-order valence-electron chi connectivity index (χ3n) is 5.30. The number of hydrogen-bond donors (Lipinski definition) is 1. The summed E-state index contributed by atoms with van der Waals surface area (Å²) >= 11 is 5.96. The predicted molar refractivity (Wildman–Crippen MR) is 129 cm³/mol. The van der Waals surface area contributed by atoms with Crippen LogP contribution < -0.4 is 9.04 Å². The summed E-state index contributed by atoms with van der Waals surface area (Å²) in [5.74, 6) is 0.491. The van der Waals surface area contributed by atoms with Crippen molar-refractivity contribution in [2.45, 2.75) is 37.4 Å². The van der Waals surface area contributed by atoms with E-state index < -0.39 is 32.3 Å². The molecule has 0 unspecified atom stereocenters. The van der Waals surface area contributed by atoms with Crippen molar-refractivity contribution in [1.82, 2.24) is 4.31 Å². The van der Waals surface area contributed by atoms with Gasteiger partial charge in [-0.05, 0) is 54.4 Å². The molecule has 0 bridgehead atoms. The molecule has 1 heterocycles. The van der Waals surface area contributed by atoms with E-state index in [9.17, 15) is 21.9 Å². The summed E-state index contributed by atoms with van der Waals surface area (Å²) in [5, 5.41) is 10.8. The Hall–Kier alpha value is -1.85. The fourth-order valence-electron chi connectivity index (χ4n) is 3.59. The van der Waals surface area contributed by atoms with Crippen molar-refractivity contribution in [2.24, 2.45) is 5.92 Å². The molecule has 1 aliphatic rings. The highest BCUT2D eigenvalue weighted by molar-refractivity contribution is 7.92. The summed E-state index contributed by atoms with van der Waals surface area (Å²) < 4.78 is 58.5. The van der Waals surface area contributed by atoms with Gasteiger partial charge < -0.3 is 9.84 Å². The molecule has 0 aliphatic carbocycles. The summed E-state index contributed by atoms with van der Waals surface area (Å²) in [7, 11) is -7.21. The van der Waals surface area contributed by atoms with E-state index in [1.165, 1.54) is 32.9 Å². The Labute approximate surface area is 200 Å². The van der Waals surface area contributed by atoms with Crippen LogP contribution in [0.25, 0.3) is 0 Å². The lowest BCUT2D eigenvalue weighted by Crippen LogP contribution is -2.50. The second-order valence-electron chi connectivity index (χ2n) is 8.51. The van der Waals surface area contributed by atoms with Crippen LogP contribution in [0.15, 0.2) is 53.4 Å². The van der Waals surface area contributed by atoms with Crippen molar-refractivity contribution >= 4 is 37.3 Å². The lowest BCUT2D eigenvalue weighted by molar-refractivity contribution is -0.00449. The lowest BCUT2D eigenvalue weighted by atomic mass is 10.1. The van der Waals surface area contributed by atoms with E-state index in [2.05, 4.69) is 0 Å². The van der Waals surface area contributed by atoms with Crippen LogP contribution in [0.5, 0.6) is 5.75 Å². The van der Waals surface area contributed by atoms with Gasteiger partial charge in [0.25, 0.3) is 10.0 Å². The highest BCUT2D eigenvalue weighted by Gasteiger charge is 2.33. The van der Waals surface area contributed by atoms with E-state index in [-0.39, 0.29) is 23.9 Å². The number of nitrogens with zero attached hydrogens (tertiary/aromatic N) is 2. The minimum Gasteiger partial charge on any atom is -0.488 e. The van der Waals surface area contributed by atoms with Crippen LogP contribution in [0.4, 0.5) is 5.69 Å². The standard InChI is InChI=1S/C22H29ClN2O6S2/c1-16(2)14-25(18-6-4-17(23)5-7-18)33(29,30)20-10-8-19(9-11-20)31-22-12-13-24(15-21(22)26)32(3,27)28/h4-11,16,21-22,26H,12-15H2,1-3H3/t21-,22-/m1/s1. The molecule has 1 N–H and O–H groups in total. The Morgan fingerprint density at radius 2 is 1.70 bits per heavy atom. The molecule has 1 saturated heterocycles. The average Bonchev–Trinajstić information content (AvgIpc) is 2.73. The minimum absolute atomic E-state index is 0.0405. The number of piperidine rings is 1. The van der Waals surface area contributed by atoms with Crippen LogP contribution in [0.1, 0.15) is 20.3 Å². The Balaban J connectivity index is 1.77. The summed E-state index contributed by atoms with van der Waals surface area (Å²) in [6, 6.07) is 12.6. The molecule has 2 atom stereocenters. The van der Waals surface area contributed by atoms with Gasteiger partial charge in [-0.3, -0.25) is 4.31 Å². The van der Waals surface area contributed by atoms with Gasteiger partial charge in [-0.25, -0.2) is 16.8 Å². The van der Waals surface area contributed by atoms with Crippen molar-refractivity contribution in [3.63, 3.8) is 0 Å². The highest BCUT2D eigenvalue weighted by Crippen LogP contribution is 2.28. The summed E-state index contributed by atoms with van der Waals surface area (Å²) in [4.78, 5) is 0.109. The van der Waals surface area contributed by atoms with Crippen molar-refractivity contribution in [3.8, 4) is 5.75 Å². The quantitative estimate of drug-likeness (QED) is 0.578. The number of aliphatic hydroxyl groups is 1. The third kappa shape index (κ3) is 6.39. The Morgan fingerprint density at radius 1 is 1.09 bits per heavy atom. The summed E-state index contributed by atoms with van der Waals surface area (Å²) in [6.07, 6.45) is -0.139. The first-order chi connectivity index (χ1) is 15.4. The number of ether oxygens (including phenoxy) is 1. The number of benzene rings is 2. The maximum atomic E-state index is 13.4. The molecule has 1 aliphatic heterocycles. The molecule has 33 heavy (non-hydrogen) atoms. The highest BCUT2D eigenvalue weighted by atomic mass is 35.5. The van der Waals surface area contributed by atoms with Crippen LogP contribution in [0.2, 0.25) is 5.02 Å². The number of halogens is 1. The maximum absolute atomic E-state index is 13.4. The van der Waals surface area contributed by atoms with Gasteiger partial charge in [-0.15, -0.1) is 0 Å². The molecule has 0 saturated carbocycles. The molecule has 0 spiro atoms. The van der Waals surface area contributed by atoms with Gasteiger partial charge in [0.15, 0.2) is 0 Å². The Morgan fingerprint density at radius 3 is 2.21 bits per heavy atom. The molecule has 1 fully saturated rings. The topological polar surface area (TPSA) is 104 Å². The second-order valence-corrected chi connectivity index (χ2v) is 12.8. The van der Waals surface area contributed by atoms with Crippen LogP contribution in [0.3, 0.4) is 0 Å². The first-order valence-corrected chi connectivity index (χ1v) is 14.2. The van der Waals surface area contributed by atoms with Gasteiger partial charge in [0.05, 0.1) is 16.8 Å². The normalized spacial score (nSPS) is 20.1. The number of anilines is 1. The van der Waals surface area contributed by atoms with E-state index >= 15 is 0 Å². The van der Waals surface area contributed by atoms with Gasteiger partial charge in [-0.2, -0.15) is 4.31 Å². The molecular formula is C22H29ClN2O6S2. The lowest BCUT2D eigenvalue weighted by Gasteiger charge is -2.34. The van der Waals surface area contributed by atoms with Crippen molar-refractivity contribution in [2.75, 3.05) is 30.2 Å². The smallest absolute Gasteiger partial charge is 0.264 e. The van der Waals surface area contributed by atoms with E-state index in [1.54, 1.807) is 24.3 Å². The molecule has 2 aromatic rings. The van der Waals surface area contributed by atoms with Gasteiger partial charge in [0.2, 0.25) is 10.0 Å². The van der Waals surface area contributed by atoms with Gasteiger partial charge in [0.1, 0.15) is 18.0 Å². The van der Waals surface area contributed by atoms with E-state index in [0.717, 1.165) is 6.26 Å². The molecule has 0 radical (unpaired) electrons. The summed E-state index contributed by atoms with van der Waals surface area (Å²) in [5.41, 5.74) is 0.522. The van der Waals surface area contributed by atoms with Crippen LogP contribution in [-0.4, -0.2) is 64.3 Å². The van der Waals surface area contributed by atoms with E-state index in [0.29, 0.717) is 29.4 Å². The average molecular weight is 517 g/mol. The largest absolute Gasteiger partial charge is 0.488 e. The number of β-amino-alcohol motifs (C(OH)–C–C–N with tert-alkyl or cyclic N) is 1. The van der Waals surface area contributed by atoms with Crippen molar-refractivity contribution in [1.29, 1.82) is 0 Å². The van der Waals surface area contributed by atoms with Crippen LogP contribution in [-0.2, 0) is 20.0 Å². The van der Waals surface area contributed by atoms with Crippen LogP contribution >= 0.6 is 11.6 Å². The predicted octanol–water partition coefficient (Wildman–Crippen LogP) is 2.96. The molecule has 11 heteroatoms. The van der Waals surface area contributed by atoms with E-state index in [1.807, 2.05) is 13.8 Å². The molecular weight excluding hydrogens is 488 g/mol. The van der Waals surface area contributed by atoms with Gasteiger partial charge >= 0.3 is 0 Å². The SMILES string of the molecule is CC(C)CN(c1ccc(Cl)cc1)S(=O)(=O)c1ccc(O[C@@H]2CCN(S(C)(=O)=O)C[C@H]2O)cc1. The zero-order valence-electron chi connectivity index (χ0n) is 18.8. The molecule has 3 rings (SSSR count). The molecule has 0 aromatic heterocycles. The molecule has 0 amide bonds. The monoisotopic (exact) mass is 516 g/mol. The van der Waals surface area contributed by atoms with Gasteiger partial charge in [0, 0.05) is 31.1 Å². The number of rotatable bonds is 8. The molecule has 2 aromatic carbocycles. The molecule has 8 nitrogen and oxygen atoms in total. The number of sulfonamides is 2. The maximum Gasteiger partial charge on any atom is 0.264 e. The number of aliphatic hydroxyl groups excluding tert-OH is 1. The zero-order chi connectivity index (χ0) is 24.4. The second kappa shape index (κ2) is 10.2. The summed E-state index contributed by atoms with van der Waals surface area (Å²) in [6.45, 7) is 4.39. The van der Waals surface area contributed by atoms with Crippen LogP contribution in [0, 0.1) is 5.92 Å². The Kier molecular flexibility index (Phi) is 7.95. The fourth-order valence-corrected chi connectivity index (χ4v) is 6.21. The zero-order valence-corrected chi connectivity index (χ0v) is 21.1. The first-order valence-electron chi connectivity index (χ1n) is 10.6. The first kappa shape index (κ1) is 25.8. The van der Waals surface area contributed by atoms with Gasteiger partial charge in [-0.1, -0.05) is 25.4 Å². The molecule has 182 valence electrons. The Bertz CT molecular complexity index is 1150. The fraction of sp³-hybridized carbons (Fsp3) is 0.455. The minimum atomic E-state index is -3.83. The number of hydrogen-bond acceptors (Lipinski definition) is 6. The van der Waals surface area contributed by atoms with E-state index in [4.69, 9.17) is 16.3 Å². The third-order valence-corrected chi connectivity index (χ3v) is 8.63. The van der Waals surface area contributed by atoms with Crippen molar-refractivity contribution in [3.05, 3.63) is 53.6 Å².